The molecule has 2 aromatic rings. The summed E-state index contributed by atoms with van der Waals surface area (Å²) in [5, 5.41) is 7.65. The molecule has 4 heterocycles. The van der Waals surface area contributed by atoms with Crippen LogP contribution in [0.15, 0.2) is 22.9 Å². The number of alkyl halides is 3. The van der Waals surface area contributed by atoms with Crippen molar-refractivity contribution in [3.8, 4) is 11.3 Å². The molecule has 5 rings (SSSR count). The van der Waals surface area contributed by atoms with Crippen molar-refractivity contribution in [2.24, 2.45) is 5.92 Å². The number of piperidine rings is 1. The topological polar surface area (TPSA) is 60.2 Å². The van der Waals surface area contributed by atoms with Crippen LogP contribution in [0.3, 0.4) is 0 Å². The summed E-state index contributed by atoms with van der Waals surface area (Å²) in [5.41, 5.74) is -0.138. The molecular formula is C21H24F3N3O2. The van der Waals surface area contributed by atoms with Crippen molar-refractivity contribution in [2.45, 2.75) is 75.9 Å². The molecule has 5 nitrogen and oxygen atoms in total. The zero-order valence-corrected chi connectivity index (χ0v) is 16.2. The van der Waals surface area contributed by atoms with Gasteiger partial charge in [-0.3, -0.25) is 4.98 Å². The minimum absolute atomic E-state index is 0.0479. The summed E-state index contributed by atoms with van der Waals surface area (Å²) in [4.78, 5) is 3.57. The number of fused-ring (bicyclic) bond motifs is 2. The highest BCUT2D eigenvalue weighted by Gasteiger charge is 2.41. The van der Waals surface area contributed by atoms with Gasteiger partial charge in [0, 0.05) is 35.3 Å². The summed E-state index contributed by atoms with van der Waals surface area (Å²) < 4.78 is 52.2. The Kier molecular flexibility index (Phi) is 4.66. The lowest BCUT2D eigenvalue weighted by Crippen LogP contribution is -2.42. The monoisotopic (exact) mass is 407 g/mol. The van der Waals surface area contributed by atoms with E-state index in [-0.39, 0.29) is 29.9 Å². The quantitative estimate of drug-likeness (QED) is 0.780. The van der Waals surface area contributed by atoms with E-state index in [4.69, 9.17) is 9.26 Å². The highest BCUT2D eigenvalue weighted by Crippen LogP contribution is 2.46. The van der Waals surface area contributed by atoms with Crippen molar-refractivity contribution >= 4 is 0 Å². The fourth-order valence-electron chi connectivity index (χ4n) is 4.81. The Morgan fingerprint density at radius 1 is 1.24 bits per heavy atom. The predicted molar refractivity (Wildman–Crippen MR) is 99.0 cm³/mol. The summed E-state index contributed by atoms with van der Waals surface area (Å²) in [6, 6.07) is 3.82. The van der Waals surface area contributed by atoms with Gasteiger partial charge < -0.3 is 14.6 Å². The Morgan fingerprint density at radius 2 is 2.07 bits per heavy atom. The Balaban J connectivity index is 1.42. The Hall–Kier alpha value is -1.93. The second-order valence-electron chi connectivity index (χ2n) is 8.63. The first-order valence-electron chi connectivity index (χ1n) is 10.3. The lowest BCUT2D eigenvalue weighted by atomic mass is 9.99. The molecule has 156 valence electrons. The summed E-state index contributed by atoms with van der Waals surface area (Å²) in [6.07, 6.45) is 1.64. The van der Waals surface area contributed by atoms with E-state index in [1.165, 1.54) is 12.1 Å². The van der Waals surface area contributed by atoms with E-state index >= 15 is 0 Å². The maximum absolute atomic E-state index is 13.5. The van der Waals surface area contributed by atoms with Crippen LogP contribution in [0, 0.1) is 5.92 Å². The minimum atomic E-state index is -4.56. The molecule has 1 saturated carbocycles. The standard InChI is InChI=1S/C21H24F3N3O2/c1-11-7-13-8-14(9-17(11)26-13)28-10-16-18(27-29-19(16)12-4-5-12)15-3-2-6-25-20(15)21(22,23)24/h2-3,6,11-14,17,26H,4-5,7-10H2,1H3. The van der Waals surface area contributed by atoms with Gasteiger partial charge in [0.15, 0.2) is 5.69 Å². The fourth-order valence-corrected chi connectivity index (χ4v) is 4.81. The van der Waals surface area contributed by atoms with E-state index in [2.05, 4.69) is 22.4 Å². The van der Waals surface area contributed by atoms with Gasteiger partial charge in [-0.15, -0.1) is 0 Å². The molecule has 0 spiro atoms. The molecule has 2 saturated heterocycles. The highest BCUT2D eigenvalue weighted by molar-refractivity contribution is 5.66. The molecule has 29 heavy (non-hydrogen) atoms. The van der Waals surface area contributed by atoms with E-state index in [0.717, 1.165) is 38.3 Å². The van der Waals surface area contributed by atoms with E-state index < -0.39 is 11.9 Å². The molecule has 0 amide bonds. The van der Waals surface area contributed by atoms with Crippen LogP contribution in [0.4, 0.5) is 13.2 Å². The second-order valence-corrected chi connectivity index (χ2v) is 8.63. The van der Waals surface area contributed by atoms with Crippen molar-refractivity contribution in [1.82, 2.24) is 15.5 Å². The number of aromatic nitrogens is 2. The number of hydrogen-bond donors (Lipinski definition) is 1. The SMILES string of the molecule is CC1CC2CC(OCc3c(-c4cccnc4C(F)(F)F)noc3C3CC3)CC1N2. The van der Waals surface area contributed by atoms with E-state index in [9.17, 15) is 13.2 Å². The van der Waals surface area contributed by atoms with Gasteiger partial charge in [-0.25, -0.2) is 0 Å². The third-order valence-corrected chi connectivity index (χ3v) is 6.42. The lowest BCUT2D eigenvalue weighted by molar-refractivity contribution is -0.140. The maximum Gasteiger partial charge on any atom is 0.434 e. The van der Waals surface area contributed by atoms with Crippen LogP contribution < -0.4 is 5.32 Å². The average Bonchev–Trinajstić information content (AvgIpc) is 3.39. The first-order valence-corrected chi connectivity index (χ1v) is 10.3. The number of ether oxygens (including phenoxy) is 1. The van der Waals surface area contributed by atoms with Gasteiger partial charge in [0.25, 0.3) is 0 Å². The van der Waals surface area contributed by atoms with Crippen LogP contribution in [-0.2, 0) is 17.5 Å². The van der Waals surface area contributed by atoms with Crippen LogP contribution in [0.25, 0.3) is 11.3 Å². The predicted octanol–water partition coefficient (Wildman–Crippen LogP) is 4.68. The molecule has 1 N–H and O–H groups in total. The summed E-state index contributed by atoms with van der Waals surface area (Å²) >= 11 is 0. The number of halogens is 3. The van der Waals surface area contributed by atoms with Crippen molar-refractivity contribution in [3.63, 3.8) is 0 Å². The molecule has 2 bridgehead atoms. The molecule has 2 aliphatic heterocycles. The largest absolute Gasteiger partial charge is 0.434 e. The lowest BCUT2D eigenvalue weighted by Gasteiger charge is -2.29. The maximum atomic E-state index is 13.5. The van der Waals surface area contributed by atoms with Gasteiger partial charge in [0.05, 0.1) is 12.7 Å². The molecule has 3 aliphatic rings. The second kappa shape index (κ2) is 7.09. The normalized spacial score (nSPS) is 29.4. The smallest absolute Gasteiger partial charge is 0.373 e. The molecule has 0 aromatic carbocycles. The van der Waals surface area contributed by atoms with Crippen LogP contribution in [0.5, 0.6) is 0 Å². The first kappa shape index (κ1) is 19.1. The number of nitrogens with one attached hydrogen (secondary N) is 1. The zero-order valence-electron chi connectivity index (χ0n) is 16.2. The molecule has 4 atom stereocenters. The van der Waals surface area contributed by atoms with Crippen molar-refractivity contribution in [2.75, 3.05) is 0 Å². The van der Waals surface area contributed by atoms with Crippen LogP contribution >= 0.6 is 0 Å². The molecule has 8 heteroatoms. The van der Waals surface area contributed by atoms with Gasteiger partial charge >= 0.3 is 6.18 Å². The number of pyridine rings is 1. The fraction of sp³-hybridized carbons (Fsp3) is 0.619. The summed E-state index contributed by atoms with van der Waals surface area (Å²) in [6.45, 7) is 2.47. The number of nitrogens with zero attached hydrogens (tertiary/aromatic N) is 2. The molecule has 4 unspecified atom stereocenters. The Bertz CT molecular complexity index is 892. The van der Waals surface area contributed by atoms with E-state index in [1.807, 2.05) is 0 Å². The van der Waals surface area contributed by atoms with Crippen LogP contribution in [0.2, 0.25) is 0 Å². The van der Waals surface area contributed by atoms with E-state index in [1.54, 1.807) is 0 Å². The van der Waals surface area contributed by atoms with Gasteiger partial charge in [-0.05, 0) is 50.2 Å². The van der Waals surface area contributed by atoms with Gasteiger partial charge in [0.2, 0.25) is 0 Å². The van der Waals surface area contributed by atoms with Gasteiger partial charge in [-0.2, -0.15) is 13.2 Å². The third-order valence-electron chi connectivity index (χ3n) is 6.42. The van der Waals surface area contributed by atoms with Crippen molar-refractivity contribution in [3.05, 3.63) is 35.3 Å². The van der Waals surface area contributed by atoms with Crippen molar-refractivity contribution < 1.29 is 22.4 Å². The summed E-state index contributed by atoms with van der Waals surface area (Å²) in [5.74, 6) is 1.53. The molecule has 3 fully saturated rings. The molecule has 0 radical (unpaired) electrons. The van der Waals surface area contributed by atoms with Crippen LogP contribution in [-0.4, -0.2) is 28.3 Å². The number of hydrogen-bond acceptors (Lipinski definition) is 5. The number of rotatable bonds is 5. The Morgan fingerprint density at radius 3 is 2.79 bits per heavy atom. The Labute approximate surface area is 167 Å². The van der Waals surface area contributed by atoms with Gasteiger partial charge in [-0.1, -0.05) is 12.1 Å². The third kappa shape index (κ3) is 3.68. The van der Waals surface area contributed by atoms with E-state index in [0.29, 0.717) is 29.3 Å². The van der Waals surface area contributed by atoms with Crippen LogP contribution in [0.1, 0.15) is 62.0 Å². The molecule has 1 aliphatic carbocycles. The molecule has 2 aromatic heterocycles. The molecular weight excluding hydrogens is 383 g/mol. The zero-order chi connectivity index (χ0) is 20.2. The average molecular weight is 407 g/mol. The minimum Gasteiger partial charge on any atom is -0.373 e. The highest BCUT2D eigenvalue weighted by atomic mass is 19.4. The summed E-state index contributed by atoms with van der Waals surface area (Å²) in [7, 11) is 0. The van der Waals surface area contributed by atoms with Gasteiger partial charge in [0.1, 0.15) is 11.5 Å². The van der Waals surface area contributed by atoms with Crippen molar-refractivity contribution in [1.29, 1.82) is 0 Å². The first-order chi connectivity index (χ1) is 13.9.